The molecular weight excluding hydrogens is 345 g/mol. The van der Waals surface area contributed by atoms with Crippen molar-refractivity contribution >= 4 is 40.1 Å². The number of hydrogen-bond donors (Lipinski definition) is 2. The van der Waals surface area contributed by atoms with E-state index in [2.05, 4.69) is 10.3 Å². The van der Waals surface area contributed by atoms with E-state index in [-0.39, 0.29) is 11.7 Å². The molecule has 1 unspecified atom stereocenters. The van der Waals surface area contributed by atoms with Gasteiger partial charge in [0.25, 0.3) is 5.91 Å². The molecule has 0 spiro atoms. The maximum absolute atomic E-state index is 13.3. The molecule has 5 nitrogen and oxygen atoms in total. The van der Waals surface area contributed by atoms with Gasteiger partial charge in [-0.05, 0) is 35.9 Å². The van der Waals surface area contributed by atoms with E-state index >= 15 is 0 Å². The lowest BCUT2D eigenvalue weighted by atomic mass is 10.0. The first kappa shape index (κ1) is 15.7. The number of aromatic amines is 1. The van der Waals surface area contributed by atoms with Gasteiger partial charge in [0.2, 0.25) is 0 Å². The Balaban J connectivity index is 1.63. The maximum atomic E-state index is 13.3. The fraction of sp³-hybridized carbons (Fsp3) is 0.111. The van der Waals surface area contributed by atoms with Crippen LogP contribution in [0.1, 0.15) is 5.56 Å². The average Bonchev–Trinajstić information content (AvgIpc) is 3.10. The highest BCUT2D eigenvalue weighted by Gasteiger charge is 2.40. The molecule has 1 atom stereocenters. The number of H-pyrrole nitrogens is 1. The molecule has 0 saturated carbocycles. The Kier molecular flexibility index (Phi) is 3.69. The van der Waals surface area contributed by atoms with Crippen LogP contribution in [0.3, 0.4) is 0 Å². The van der Waals surface area contributed by atoms with Crippen LogP contribution in [-0.4, -0.2) is 23.0 Å². The average molecular weight is 358 g/mol. The Morgan fingerprint density at radius 1 is 1.16 bits per heavy atom. The summed E-state index contributed by atoms with van der Waals surface area (Å²) in [7, 11) is 0. The summed E-state index contributed by atoms with van der Waals surface area (Å²) in [5, 5.41) is 3.83. The van der Waals surface area contributed by atoms with Crippen molar-refractivity contribution in [1.29, 1.82) is 0 Å². The van der Waals surface area contributed by atoms with E-state index < -0.39 is 12.1 Å². The molecule has 4 rings (SSSR count). The summed E-state index contributed by atoms with van der Waals surface area (Å²) in [4.78, 5) is 29.0. The van der Waals surface area contributed by atoms with Crippen LogP contribution in [0, 0.1) is 5.82 Å². The van der Waals surface area contributed by atoms with Crippen molar-refractivity contribution < 1.29 is 14.0 Å². The third kappa shape index (κ3) is 2.64. The van der Waals surface area contributed by atoms with Gasteiger partial charge in [-0.15, -0.1) is 0 Å². The Labute approximate surface area is 147 Å². The van der Waals surface area contributed by atoms with Gasteiger partial charge in [0.1, 0.15) is 11.9 Å². The van der Waals surface area contributed by atoms with E-state index in [0.717, 1.165) is 15.8 Å². The number of anilines is 1. The Morgan fingerprint density at radius 2 is 1.96 bits per heavy atom. The minimum absolute atomic E-state index is 0.303. The summed E-state index contributed by atoms with van der Waals surface area (Å²) in [5.41, 5.74) is 1.83. The Morgan fingerprint density at radius 3 is 2.76 bits per heavy atom. The maximum Gasteiger partial charge on any atom is 0.329 e. The molecule has 0 aliphatic carbocycles. The summed E-state index contributed by atoms with van der Waals surface area (Å²) in [6.07, 6.45) is 2.03. The highest BCUT2D eigenvalue weighted by Crippen LogP contribution is 2.29. The molecule has 25 heavy (non-hydrogen) atoms. The SMILES string of the molecule is O=C1NC(Cc2c[nH]c3cc(F)ccc23)C(=O)N1c1ccccc1Cl. The normalized spacial score (nSPS) is 17.4. The quantitative estimate of drug-likeness (QED) is 0.703. The predicted octanol–water partition coefficient (Wildman–Crippen LogP) is 3.63. The first-order valence-electron chi connectivity index (χ1n) is 7.69. The molecule has 1 aliphatic heterocycles. The van der Waals surface area contributed by atoms with Crippen LogP contribution in [0.5, 0.6) is 0 Å². The number of aromatic nitrogens is 1. The summed E-state index contributed by atoms with van der Waals surface area (Å²) in [5.74, 6) is -0.703. The van der Waals surface area contributed by atoms with Gasteiger partial charge in [0.15, 0.2) is 0 Å². The van der Waals surface area contributed by atoms with Crippen LogP contribution in [0.15, 0.2) is 48.7 Å². The zero-order valence-corrected chi connectivity index (χ0v) is 13.7. The van der Waals surface area contributed by atoms with E-state index in [1.807, 2.05) is 0 Å². The summed E-state index contributed by atoms with van der Waals surface area (Å²) in [6.45, 7) is 0. The van der Waals surface area contributed by atoms with E-state index in [0.29, 0.717) is 22.6 Å². The highest BCUT2D eigenvalue weighted by molar-refractivity contribution is 6.35. The van der Waals surface area contributed by atoms with Gasteiger partial charge in [-0.25, -0.2) is 14.1 Å². The second-order valence-corrected chi connectivity index (χ2v) is 6.24. The number of urea groups is 1. The lowest BCUT2D eigenvalue weighted by molar-refractivity contribution is -0.118. The Hall–Kier alpha value is -2.86. The van der Waals surface area contributed by atoms with Crippen LogP contribution in [0.2, 0.25) is 5.02 Å². The fourth-order valence-electron chi connectivity index (χ4n) is 3.08. The summed E-state index contributed by atoms with van der Waals surface area (Å²) < 4.78 is 13.3. The number of amides is 3. The molecule has 2 heterocycles. The van der Waals surface area contributed by atoms with Gasteiger partial charge in [-0.3, -0.25) is 4.79 Å². The number of carbonyl (C=O) groups is 2. The summed E-state index contributed by atoms with van der Waals surface area (Å²) in [6, 6.07) is 9.89. The number of halogens is 2. The molecule has 2 aromatic carbocycles. The standard InChI is InChI=1S/C18H13ClFN3O2/c19-13-3-1-2-4-16(13)23-17(24)15(22-18(23)25)7-10-9-21-14-8-11(20)5-6-12(10)14/h1-6,8-9,15,21H,7H2,(H,22,25). The number of nitrogens with zero attached hydrogens (tertiary/aromatic N) is 1. The molecule has 2 N–H and O–H groups in total. The van der Waals surface area contributed by atoms with Gasteiger partial charge < -0.3 is 10.3 Å². The molecule has 1 saturated heterocycles. The van der Waals surface area contributed by atoms with Crippen molar-refractivity contribution in [2.24, 2.45) is 0 Å². The van der Waals surface area contributed by atoms with E-state index in [1.54, 1.807) is 36.5 Å². The van der Waals surface area contributed by atoms with Crippen molar-refractivity contribution in [3.8, 4) is 0 Å². The van der Waals surface area contributed by atoms with E-state index in [4.69, 9.17) is 11.6 Å². The number of nitrogens with one attached hydrogen (secondary N) is 2. The molecule has 0 bridgehead atoms. The van der Waals surface area contributed by atoms with Gasteiger partial charge in [-0.1, -0.05) is 23.7 Å². The number of rotatable bonds is 3. The Bertz CT molecular complexity index is 1000. The molecule has 1 aromatic heterocycles. The minimum atomic E-state index is -0.701. The van der Waals surface area contributed by atoms with Crippen LogP contribution in [-0.2, 0) is 11.2 Å². The zero-order valence-electron chi connectivity index (χ0n) is 12.9. The number of benzene rings is 2. The summed E-state index contributed by atoms with van der Waals surface area (Å²) >= 11 is 6.10. The van der Waals surface area contributed by atoms with Crippen molar-refractivity contribution in [3.05, 3.63) is 65.1 Å². The van der Waals surface area contributed by atoms with Gasteiger partial charge >= 0.3 is 6.03 Å². The number of para-hydroxylation sites is 1. The fourth-order valence-corrected chi connectivity index (χ4v) is 3.30. The third-order valence-corrected chi connectivity index (χ3v) is 4.59. The molecule has 1 aliphatic rings. The second kappa shape index (κ2) is 5.89. The monoisotopic (exact) mass is 357 g/mol. The lowest BCUT2D eigenvalue weighted by Crippen LogP contribution is -2.32. The lowest BCUT2D eigenvalue weighted by Gasteiger charge is -2.14. The predicted molar refractivity (Wildman–Crippen MR) is 93.2 cm³/mol. The molecular formula is C18H13ClFN3O2. The largest absolute Gasteiger partial charge is 0.361 e. The molecule has 3 amide bonds. The third-order valence-electron chi connectivity index (χ3n) is 4.27. The first-order chi connectivity index (χ1) is 12.0. The number of fused-ring (bicyclic) bond motifs is 1. The van der Waals surface area contributed by atoms with Crippen LogP contribution in [0.25, 0.3) is 10.9 Å². The van der Waals surface area contributed by atoms with Crippen molar-refractivity contribution in [3.63, 3.8) is 0 Å². The number of imide groups is 1. The van der Waals surface area contributed by atoms with Crippen molar-refractivity contribution in [2.75, 3.05) is 4.90 Å². The second-order valence-electron chi connectivity index (χ2n) is 5.84. The molecule has 0 radical (unpaired) electrons. The topological polar surface area (TPSA) is 65.2 Å². The van der Waals surface area contributed by atoms with Crippen LogP contribution >= 0.6 is 11.6 Å². The smallest absolute Gasteiger partial charge is 0.329 e. The van der Waals surface area contributed by atoms with E-state index in [1.165, 1.54) is 12.1 Å². The van der Waals surface area contributed by atoms with Gasteiger partial charge in [-0.2, -0.15) is 0 Å². The molecule has 3 aromatic rings. The van der Waals surface area contributed by atoms with Crippen molar-refractivity contribution in [2.45, 2.75) is 12.5 Å². The van der Waals surface area contributed by atoms with Gasteiger partial charge in [0.05, 0.1) is 10.7 Å². The van der Waals surface area contributed by atoms with Gasteiger partial charge in [0, 0.05) is 23.5 Å². The molecule has 7 heteroatoms. The van der Waals surface area contributed by atoms with Crippen LogP contribution < -0.4 is 10.2 Å². The zero-order chi connectivity index (χ0) is 17.6. The van der Waals surface area contributed by atoms with Crippen LogP contribution in [0.4, 0.5) is 14.9 Å². The molecule has 126 valence electrons. The molecule has 1 fully saturated rings. The van der Waals surface area contributed by atoms with E-state index in [9.17, 15) is 14.0 Å². The number of carbonyl (C=O) groups excluding carboxylic acids is 2. The minimum Gasteiger partial charge on any atom is -0.361 e. The number of hydrogen-bond acceptors (Lipinski definition) is 2. The highest BCUT2D eigenvalue weighted by atomic mass is 35.5. The first-order valence-corrected chi connectivity index (χ1v) is 8.07. The van der Waals surface area contributed by atoms with Crippen molar-refractivity contribution in [1.82, 2.24) is 10.3 Å².